The Labute approximate surface area is 142 Å². The number of rotatable bonds is 4. The highest BCUT2D eigenvalue weighted by Gasteiger charge is 2.08. The minimum atomic E-state index is -0.505. The molecular weight excluding hydrogens is 322 g/mol. The van der Waals surface area contributed by atoms with E-state index in [9.17, 15) is 14.4 Å². The van der Waals surface area contributed by atoms with Gasteiger partial charge in [-0.25, -0.2) is 4.68 Å². The molecule has 0 aliphatic heterocycles. The highest BCUT2D eigenvalue weighted by Crippen LogP contribution is 2.08. The number of carbonyl (C=O) groups excluding carboxylic acids is 2. The summed E-state index contributed by atoms with van der Waals surface area (Å²) in [5.41, 5.74) is 5.50. The van der Waals surface area contributed by atoms with Gasteiger partial charge in [0, 0.05) is 30.2 Å². The molecule has 0 atom stereocenters. The average Bonchev–Trinajstić information content (AvgIpc) is 3.16. The first-order chi connectivity index (χ1) is 12.1. The van der Waals surface area contributed by atoms with Crippen molar-refractivity contribution in [1.29, 1.82) is 0 Å². The molecule has 25 heavy (non-hydrogen) atoms. The van der Waals surface area contributed by atoms with Crippen LogP contribution >= 0.6 is 0 Å². The molecule has 2 amide bonds. The second-order valence-electron chi connectivity index (χ2n) is 5.17. The van der Waals surface area contributed by atoms with Gasteiger partial charge in [0.1, 0.15) is 6.54 Å². The van der Waals surface area contributed by atoms with E-state index in [0.717, 1.165) is 5.69 Å². The maximum Gasteiger partial charge on any atom is 0.269 e. The molecule has 2 heterocycles. The van der Waals surface area contributed by atoms with Gasteiger partial charge in [0.25, 0.3) is 17.4 Å². The van der Waals surface area contributed by atoms with Crippen molar-refractivity contribution in [3.05, 3.63) is 83.0 Å². The summed E-state index contributed by atoms with van der Waals surface area (Å²) in [6.07, 6.45) is 4.95. The van der Waals surface area contributed by atoms with Gasteiger partial charge in [-0.3, -0.25) is 25.2 Å². The lowest BCUT2D eigenvalue weighted by molar-refractivity contribution is -0.122. The van der Waals surface area contributed by atoms with Crippen LogP contribution in [0.4, 0.5) is 0 Å². The van der Waals surface area contributed by atoms with Crippen molar-refractivity contribution in [1.82, 2.24) is 25.2 Å². The summed E-state index contributed by atoms with van der Waals surface area (Å²) < 4.78 is 2.90. The van der Waals surface area contributed by atoms with E-state index in [1.807, 2.05) is 0 Å². The lowest BCUT2D eigenvalue weighted by atomic mass is 10.2. The number of amides is 2. The summed E-state index contributed by atoms with van der Waals surface area (Å²) in [5.74, 6) is -0.962. The average molecular weight is 337 g/mol. The Hall–Kier alpha value is -3.68. The fourth-order valence-electron chi connectivity index (χ4n) is 2.17. The zero-order valence-electron chi connectivity index (χ0n) is 13.1. The third-order valence-electron chi connectivity index (χ3n) is 3.43. The summed E-state index contributed by atoms with van der Waals surface area (Å²) in [6, 6.07) is 13.1. The third kappa shape index (κ3) is 3.99. The third-order valence-corrected chi connectivity index (χ3v) is 3.43. The van der Waals surface area contributed by atoms with E-state index in [2.05, 4.69) is 16.0 Å². The molecule has 1 aromatic carbocycles. The minimum absolute atomic E-state index is 0.182. The van der Waals surface area contributed by atoms with E-state index in [-0.39, 0.29) is 12.1 Å². The van der Waals surface area contributed by atoms with Crippen molar-refractivity contribution < 1.29 is 9.59 Å². The second kappa shape index (κ2) is 7.26. The number of nitrogens with one attached hydrogen (secondary N) is 2. The van der Waals surface area contributed by atoms with E-state index in [4.69, 9.17) is 0 Å². The van der Waals surface area contributed by atoms with Crippen molar-refractivity contribution in [3.8, 4) is 5.69 Å². The van der Waals surface area contributed by atoms with Gasteiger partial charge in [-0.2, -0.15) is 5.10 Å². The van der Waals surface area contributed by atoms with Crippen LogP contribution in [0.2, 0.25) is 0 Å². The molecule has 0 aliphatic carbocycles. The van der Waals surface area contributed by atoms with Gasteiger partial charge in [-0.1, -0.05) is 6.07 Å². The normalized spacial score (nSPS) is 10.2. The van der Waals surface area contributed by atoms with Gasteiger partial charge in [-0.15, -0.1) is 0 Å². The topological polar surface area (TPSA) is 98.0 Å². The van der Waals surface area contributed by atoms with Gasteiger partial charge in [-0.05, 0) is 36.4 Å². The number of hydrogen-bond donors (Lipinski definition) is 2. The smallest absolute Gasteiger partial charge is 0.269 e. The van der Waals surface area contributed by atoms with Crippen LogP contribution in [-0.4, -0.2) is 26.2 Å². The quantitative estimate of drug-likeness (QED) is 0.677. The van der Waals surface area contributed by atoms with Crippen LogP contribution in [0.15, 0.2) is 71.9 Å². The van der Waals surface area contributed by atoms with E-state index in [1.54, 1.807) is 59.5 Å². The van der Waals surface area contributed by atoms with Gasteiger partial charge in [0.15, 0.2) is 0 Å². The van der Waals surface area contributed by atoms with Crippen LogP contribution < -0.4 is 16.4 Å². The van der Waals surface area contributed by atoms with Crippen LogP contribution in [-0.2, 0) is 11.3 Å². The molecule has 0 unspecified atom stereocenters. The minimum Gasteiger partial charge on any atom is -0.306 e. The molecule has 0 spiro atoms. The molecule has 8 heteroatoms. The predicted molar refractivity (Wildman–Crippen MR) is 89.9 cm³/mol. The molecule has 0 radical (unpaired) electrons. The SMILES string of the molecule is O=C(Cn1ccccc1=O)NNC(=O)c1ccc(-n2cccn2)cc1. The first-order valence-electron chi connectivity index (χ1n) is 7.48. The lowest BCUT2D eigenvalue weighted by Crippen LogP contribution is -2.44. The summed E-state index contributed by atoms with van der Waals surface area (Å²) in [6.45, 7) is -0.182. The molecule has 0 aliphatic rings. The fourth-order valence-corrected chi connectivity index (χ4v) is 2.17. The number of aromatic nitrogens is 3. The molecule has 3 rings (SSSR count). The Morgan fingerprint density at radius 1 is 0.960 bits per heavy atom. The maximum atomic E-state index is 12.0. The molecule has 126 valence electrons. The van der Waals surface area contributed by atoms with E-state index in [0.29, 0.717) is 5.56 Å². The zero-order valence-corrected chi connectivity index (χ0v) is 13.1. The summed E-state index contributed by atoms with van der Waals surface area (Å²) >= 11 is 0. The summed E-state index contributed by atoms with van der Waals surface area (Å²) in [7, 11) is 0. The predicted octanol–water partition coefficient (Wildman–Crippen LogP) is 0.495. The van der Waals surface area contributed by atoms with Crippen molar-refractivity contribution in [2.75, 3.05) is 0 Å². The molecule has 3 aromatic rings. The standard InChI is InChI=1S/C17H15N5O3/c23-15(12-21-10-2-1-4-16(21)24)19-20-17(25)13-5-7-14(8-6-13)22-11-3-9-18-22/h1-11H,12H2,(H,19,23)(H,20,25). The van der Waals surface area contributed by atoms with Crippen LogP contribution in [0.5, 0.6) is 0 Å². The van der Waals surface area contributed by atoms with Crippen molar-refractivity contribution >= 4 is 11.8 Å². The number of benzene rings is 1. The first-order valence-corrected chi connectivity index (χ1v) is 7.48. The molecule has 0 bridgehead atoms. The first kappa shape index (κ1) is 16.2. The molecular formula is C17H15N5O3. The van der Waals surface area contributed by atoms with Crippen molar-refractivity contribution in [2.45, 2.75) is 6.54 Å². The van der Waals surface area contributed by atoms with Crippen molar-refractivity contribution in [2.24, 2.45) is 0 Å². The molecule has 2 aromatic heterocycles. The number of pyridine rings is 1. The number of hydrazine groups is 1. The van der Waals surface area contributed by atoms with Gasteiger partial charge in [0.2, 0.25) is 0 Å². The fraction of sp³-hybridized carbons (Fsp3) is 0.0588. The van der Waals surface area contributed by atoms with E-state index in [1.165, 1.54) is 16.8 Å². The molecule has 0 saturated heterocycles. The Kier molecular flexibility index (Phi) is 4.70. The van der Waals surface area contributed by atoms with Crippen LogP contribution in [0.25, 0.3) is 5.69 Å². The Morgan fingerprint density at radius 3 is 2.44 bits per heavy atom. The molecule has 2 N–H and O–H groups in total. The van der Waals surface area contributed by atoms with Gasteiger partial charge < -0.3 is 4.57 Å². The van der Waals surface area contributed by atoms with Crippen LogP contribution in [0, 0.1) is 0 Å². The van der Waals surface area contributed by atoms with Gasteiger partial charge in [0.05, 0.1) is 5.69 Å². The lowest BCUT2D eigenvalue weighted by Gasteiger charge is -2.09. The Morgan fingerprint density at radius 2 is 1.76 bits per heavy atom. The summed E-state index contributed by atoms with van der Waals surface area (Å²) in [5, 5.41) is 4.10. The van der Waals surface area contributed by atoms with E-state index >= 15 is 0 Å². The van der Waals surface area contributed by atoms with Crippen LogP contribution in [0.1, 0.15) is 10.4 Å². The monoisotopic (exact) mass is 337 g/mol. The number of carbonyl (C=O) groups is 2. The molecule has 8 nitrogen and oxygen atoms in total. The number of nitrogens with zero attached hydrogens (tertiary/aromatic N) is 3. The molecule has 0 saturated carbocycles. The van der Waals surface area contributed by atoms with Crippen molar-refractivity contribution in [3.63, 3.8) is 0 Å². The Bertz CT molecular complexity index is 929. The highest BCUT2D eigenvalue weighted by atomic mass is 16.2. The summed E-state index contributed by atoms with van der Waals surface area (Å²) in [4.78, 5) is 35.4. The molecule has 0 fully saturated rings. The number of hydrogen-bond acceptors (Lipinski definition) is 4. The van der Waals surface area contributed by atoms with Gasteiger partial charge >= 0.3 is 0 Å². The zero-order chi connectivity index (χ0) is 17.6. The van der Waals surface area contributed by atoms with Crippen LogP contribution in [0.3, 0.4) is 0 Å². The van der Waals surface area contributed by atoms with E-state index < -0.39 is 11.8 Å². The largest absolute Gasteiger partial charge is 0.306 e. The maximum absolute atomic E-state index is 12.0. The second-order valence-corrected chi connectivity index (χ2v) is 5.17. The highest BCUT2D eigenvalue weighted by molar-refractivity contribution is 5.95. The Balaban J connectivity index is 1.56.